The van der Waals surface area contributed by atoms with Crippen molar-refractivity contribution >= 4 is 119 Å². The Balaban J connectivity index is 1.86. The number of urea groups is 1. The second-order valence-electron chi connectivity index (χ2n) is 5.66. The quantitative estimate of drug-likeness (QED) is 0.230. The molecule has 140 valence electrons. The zero-order valence-corrected chi connectivity index (χ0v) is 22.0. The third-order valence-corrected chi connectivity index (χ3v) is 9.89. The Morgan fingerprint density at radius 3 is 2.33 bits per heavy atom. The summed E-state index contributed by atoms with van der Waals surface area (Å²) in [4.78, 5) is 36.6. The Bertz CT molecular complexity index is 938. The van der Waals surface area contributed by atoms with Crippen molar-refractivity contribution in [2.75, 3.05) is 10.6 Å². The first kappa shape index (κ1) is 21.5. The number of benzene rings is 2. The van der Waals surface area contributed by atoms with Crippen LogP contribution in [0.3, 0.4) is 0 Å². The van der Waals surface area contributed by atoms with E-state index in [1.165, 1.54) is 0 Å². The summed E-state index contributed by atoms with van der Waals surface area (Å²) < 4.78 is 3.97. The van der Waals surface area contributed by atoms with Crippen LogP contribution in [0.2, 0.25) is 0 Å². The Hall–Kier alpha value is -0.230. The highest BCUT2D eigenvalue weighted by atomic mass is 127. The Labute approximate surface area is 209 Å². The van der Waals surface area contributed by atoms with Gasteiger partial charge in [0.15, 0.2) is 0 Å². The number of rotatable bonds is 2. The van der Waals surface area contributed by atoms with E-state index in [2.05, 4.69) is 106 Å². The summed E-state index contributed by atoms with van der Waals surface area (Å²) in [5.74, 6) is -1.23. The summed E-state index contributed by atoms with van der Waals surface area (Å²) in [5.41, 5.74) is 1.97. The largest absolute Gasteiger partial charge is 0.331 e. The maximum atomic E-state index is 12.7. The first-order valence-corrected chi connectivity index (χ1v) is 11.9. The third-order valence-electron chi connectivity index (χ3n) is 3.88. The summed E-state index contributed by atoms with van der Waals surface area (Å²) in [6.45, 7) is 0. The minimum absolute atomic E-state index is 0.0890. The van der Waals surface area contributed by atoms with Crippen molar-refractivity contribution < 1.29 is 14.4 Å². The van der Waals surface area contributed by atoms with Gasteiger partial charge in [0, 0.05) is 19.2 Å². The lowest BCUT2D eigenvalue weighted by Crippen LogP contribution is -2.34. The molecule has 0 bridgehead atoms. The molecule has 1 unspecified atom stereocenters. The number of anilines is 2. The number of para-hydroxylation sites is 1. The van der Waals surface area contributed by atoms with Crippen molar-refractivity contribution in [2.45, 2.75) is 12.5 Å². The van der Waals surface area contributed by atoms with Crippen LogP contribution in [0, 0.1) is 14.3 Å². The minimum Gasteiger partial charge on any atom is -0.331 e. The molecule has 2 aromatic carbocycles. The first-order valence-electron chi connectivity index (χ1n) is 7.61. The molecule has 2 aromatic rings. The number of ketones is 1. The molecule has 0 fully saturated rings. The SMILES string of the molecule is O=C(Nc1c(I)c(I)cc(I)c1I)NC1CC(=O)C(=O)Nc2ccccc21. The molecule has 6 nitrogen and oxygen atoms in total. The predicted octanol–water partition coefficient (Wildman–Crippen LogP) is 4.88. The predicted molar refractivity (Wildman–Crippen MR) is 137 cm³/mol. The number of halogens is 4. The zero-order chi connectivity index (χ0) is 19.7. The second kappa shape index (κ2) is 9.06. The van der Waals surface area contributed by atoms with Crippen molar-refractivity contribution in [1.29, 1.82) is 0 Å². The van der Waals surface area contributed by atoms with Crippen molar-refractivity contribution in [2.24, 2.45) is 0 Å². The van der Waals surface area contributed by atoms with Gasteiger partial charge >= 0.3 is 6.03 Å². The number of hydrogen-bond donors (Lipinski definition) is 3. The summed E-state index contributed by atoms with van der Waals surface area (Å²) in [7, 11) is 0. The van der Waals surface area contributed by atoms with E-state index in [0.29, 0.717) is 11.3 Å². The molecule has 3 amide bonds. The molecule has 0 aromatic heterocycles. The molecule has 0 aliphatic carbocycles. The minimum atomic E-state index is -0.663. The lowest BCUT2D eigenvalue weighted by Gasteiger charge is -2.20. The molecule has 0 saturated carbocycles. The number of hydrogen-bond acceptors (Lipinski definition) is 3. The van der Waals surface area contributed by atoms with E-state index in [9.17, 15) is 14.4 Å². The molecule has 0 saturated heterocycles. The number of nitrogens with one attached hydrogen (secondary N) is 3. The molecule has 3 rings (SSSR count). The topological polar surface area (TPSA) is 87.3 Å². The molecule has 1 atom stereocenters. The number of amides is 3. The number of carbonyl (C=O) groups is 3. The maximum absolute atomic E-state index is 12.7. The molecule has 1 aliphatic rings. The highest BCUT2D eigenvalue weighted by molar-refractivity contribution is 14.1. The standard InChI is InChI=1S/C17H11I4N3O3/c18-8-5-9(19)14(21)15(13(8)20)24-17(27)23-11-6-12(25)16(26)22-10-4-2-1-3-7(10)11/h1-5,11H,6H2,(H,22,26)(H2,23,24,27). The molecule has 27 heavy (non-hydrogen) atoms. The van der Waals surface area contributed by atoms with Crippen LogP contribution in [0.15, 0.2) is 30.3 Å². The van der Waals surface area contributed by atoms with Crippen molar-refractivity contribution in [1.82, 2.24) is 5.32 Å². The first-order chi connectivity index (χ1) is 12.8. The van der Waals surface area contributed by atoms with Gasteiger partial charge < -0.3 is 16.0 Å². The van der Waals surface area contributed by atoms with E-state index in [1.54, 1.807) is 24.3 Å². The highest BCUT2D eigenvalue weighted by Gasteiger charge is 2.29. The van der Waals surface area contributed by atoms with Crippen LogP contribution in [-0.4, -0.2) is 17.7 Å². The smallest absolute Gasteiger partial charge is 0.319 e. The van der Waals surface area contributed by atoms with Crippen LogP contribution >= 0.6 is 90.4 Å². The number of fused-ring (bicyclic) bond motifs is 1. The van der Waals surface area contributed by atoms with Gasteiger partial charge in [-0.1, -0.05) is 18.2 Å². The zero-order valence-electron chi connectivity index (χ0n) is 13.4. The fraction of sp³-hybridized carbons (Fsp3) is 0.118. The maximum Gasteiger partial charge on any atom is 0.319 e. The van der Waals surface area contributed by atoms with Crippen molar-refractivity contribution in [3.8, 4) is 0 Å². The molecular formula is C17H11I4N3O3. The summed E-state index contributed by atoms with van der Waals surface area (Å²) >= 11 is 8.85. The molecule has 0 spiro atoms. The average Bonchev–Trinajstić information content (AvgIpc) is 2.74. The monoisotopic (exact) mass is 813 g/mol. The van der Waals surface area contributed by atoms with Crippen LogP contribution in [0.4, 0.5) is 16.2 Å². The Morgan fingerprint density at radius 1 is 1.04 bits per heavy atom. The van der Waals surface area contributed by atoms with Gasteiger partial charge in [0.1, 0.15) is 0 Å². The molecular weight excluding hydrogens is 802 g/mol. The van der Waals surface area contributed by atoms with Crippen LogP contribution in [0.1, 0.15) is 18.0 Å². The van der Waals surface area contributed by atoms with Crippen molar-refractivity contribution in [3.63, 3.8) is 0 Å². The van der Waals surface area contributed by atoms with Crippen LogP contribution < -0.4 is 16.0 Å². The summed E-state index contributed by atoms with van der Waals surface area (Å²) in [5, 5.41) is 8.32. The van der Waals surface area contributed by atoms with Gasteiger partial charge in [-0.15, -0.1) is 0 Å². The van der Waals surface area contributed by atoms with Gasteiger partial charge in [-0.3, -0.25) is 9.59 Å². The third kappa shape index (κ3) is 4.85. The van der Waals surface area contributed by atoms with Gasteiger partial charge in [0.2, 0.25) is 5.78 Å². The fourth-order valence-corrected chi connectivity index (χ4v) is 6.01. The molecule has 1 heterocycles. The van der Waals surface area contributed by atoms with E-state index < -0.39 is 23.8 Å². The summed E-state index contributed by atoms with van der Waals surface area (Å²) in [6, 6.07) is 8.11. The van der Waals surface area contributed by atoms with Gasteiger partial charge in [0.25, 0.3) is 5.91 Å². The fourth-order valence-electron chi connectivity index (χ4n) is 2.61. The molecule has 10 heteroatoms. The number of Topliss-reactive ketones (excluding diaryl/α,β-unsaturated/α-hetero) is 1. The van der Waals surface area contributed by atoms with Gasteiger partial charge in [-0.05, 0) is 108 Å². The summed E-state index contributed by atoms with van der Waals surface area (Å²) in [6.07, 6.45) is -0.0890. The Kier molecular flexibility index (Phi) is 7.21. The van der Waals surface area contributed by atoms with Gasteiger partial charge in [-0.25, -0.2) is 4.79 Å². The van der Waals surface area contributed by atoms with Crippen LogP contribution in [-0.2, 0) is 9.59 Å². The van der Waals surface area contributed by atoms with Gasteiger partial charge in [0.05, 0.1) is 18.9 Å². The normalized spacial score (nSPS) is 16.2. The van der Waals surface area contributed by atoms with Crippen LogP contribution in [0.5, 0.6) is 0 Å². The Morgan fingerprint density at radius 2 is 1.67 bits per heavy atom. The number of carbonyl (C=O) groups excluding carboxylic acids is 3. The van der Waals surface area contributed by atoms with E-state index in [-0.39, 0.29) is 6.42 Å². The van der Waals surface area contributed by atoms with E-state index in [0.717, 1.165) is 20.0 Å². The van der Waals surface area contributed by atoms with E-state index in [1.807, 2.05) is 6.07 Å². The van der Waals surface area contributed by atoms with Gasteiger partial charge in [-0.2, -0.15) is 0 Å². The molecule has 3 N–H and O–H groups in total. The lowest BCUT2D eigenvalue weighted by molar-refractivity contribution is -0.134. The molecule has 1 aliphatic heterocycles. The molecule has 0 radical (unpaired) electrons. The van der Waals surface area contributed by atoms with Crippen LogP contribution in [0.25, 0.3) is 0 Å². The van der Waals surface area contributed by atoms with Crippen molar-refractivity contribution in [3.05, 3.63) is 50.2 Å². The lowest BCUT2D eigenvalue weighted by atomic mass is 10.0. The average molecular weight is 813 g/mol. The highest BCUT2D eigenvalue weighted by Crippen LogP contribution is 2.33. The van der Waals surface area contributed by atoms with E-state index >= 15 is 0 Å². The second-order valence-corrected chi connectivity index (χ2v) is 10.1. The van der Waals surface area contributed by atoms with E-state index in [4.69, 9.17) is 0 Å².